The number of aliphatic hydroxyl groups is 1. The minimum Gasteiger partial charge on any atom is -0.494 e. The van der Waals surface area contributed by atoms with E-state index in [0.717, 1.165) is 24.8 Å². The van der Waals surface area contributed by atoms with Gasteiger partial charge in [-0.1, -0.05) is 105 Å². The van der Waals surface area contributed by atoms with E-state index in [1.807, 2.05) is 44.2 Å². The Morgan fingerprint density at radius 1 is 0.846 bits per heavy atom. The van der Waals surface area contributed by atoms with Crippen LogP contribution in [0.2, 0.25) is 36.3 Å². The van der Waals surface area contributed by atoms with E-state index < -0.39 is 39.9 Å². The maximum absolute atomic E-state index is 14.4. The van der Waals surface area contributed by atoms with Gasteiger partial charge in [-0.2, -0.15) is 0 Å². The van der Waals surface area contributed by atoms with Crippen molar-refractivity contribution in [2.75, 3.05) is 33.1 Å². The number of unbranched alkanes of at least 4 members (excludes halogenated alkanes) is 2. The van der Waals surface area contributed by atoms with Crippen LogP contribution in [0, 0.1) is 11.3 Å². The SMILES string of the molecule is CCCCC[C@@H](C(=O)NCNC(=O)c1ccc(-c2cc(OCC)cc(C(=O)CC(CO)(CO[Si](C)(C)C(C)(C)C)CO[Si](C)(C)C(C)(C)C)c2)o1)[C@@H](CC)N(C=O)OCc1ccccc1. The first-order chi connectivity index (χ1) is 30.5. The van der Waals surface area contributed by atoms with Crippen molar-refractivity contribution in [1.82, 2.24) is 15.7 Å². The van der Waals surface area contributed by atoms with Crippen molar-refractivity contribution >= 4 is 40.6 Å². The van der Waals surface area contributed by atoms with Crippen LogP contribution in [-0.4, -0.2) is 90.0 Å². The molecule has 0 spiro atoms. The molecule has 0 fully saturated rings. The molecule has 3 rings (SSSR count). The van der Waals surface area contributed by atoms with Gasteiger partial charge in [0.2, 0.25) is 12.3 Å². The second-order valence-electron chi connectivity index (χ2n) is 20.2. The van der Waals surface area contributed by atoms with Crippen LogP contribution in [0.3, 0.4) is 0 Å². The zero-order valence-electron chi connectivity index (χ0n) is 41.6. The third kappa shape index (κ3) is 16.0. The molecular formula is C50H79N3O10Si2. The molecule has 0 saturated carbocycles. The summed E-state index contributed by atoms with van der Waals surface area (Å²) in [5.41, 5.74) is 0.760. The number of ether oxygens (including phenoxy) is 1. The molecule has 1 heterocycles. The lowest BCUT2D eigenvalue weighted by Crippen LogP contribution is -2.50. The Balaban J connectivity index is 1.82. The van der Waals surface area contributed by atoms with Gasteiger partial charge in [0.15, 0.2) is 28.2 Å². The molecular weight excluding hydrogens is 859 g/mol. The molecule has 2 atom stereocenters. The first kappa shape index (κ1) is 55.2. The number of Topliss-reactive ketones (excluding diaryl/α,β-unsaturated/α-hetero) is 1. The van der Waals surface area contributed by atoms with Crippen LogP contribution >= 0.6 is 0 Å². The van der Waals surface area contributed by atoms with Gasteiger partial charge in [0.25, 0.3) is 5.91 Å². The number of benzene rings is 2. The Bertz CT molecular complexity index is 1940. The van der Waals surface area contributed by atoms with Gasteiger partial charge >= 0.3 is 0 Å². The number of hydrogen-bond acceptors (Lipinski definition) is 10. The number of hydrogen-bond donors (Lipinski definition) is 3. The molecule has 362 valence electrons. The van der Waals surface area contributed by atoms with E-state index in [4.69, 9.17) is 22.8 Å². The van der Waals surface area contributed by atoms with Crippen molar-refractivity contribution < 1.29 is 47.1 Å². The topological polar surface area (TPSA) is 166 Å². The van der Waals surface area contributed by atoms with Crippen LogP contribution in [0.15, 0.2) is 65.1 Å². The van der Waals surface area contributed by atoms with E-state index in [1.54, 1.807) is 24.3 Å². The van der Waals surface area contributed by atoms with Crippen molar-refractivity contribution in [3.05, 3.63) is 77.6 Å². The standard InChI is InChI=1S/C50H79N3O10Si2/c1-14-17-19-24-41(42(15-2)53(36-55)60-31-37-22-20-18-21-23-37)46(57)51-35-52-47(58)45-26-25-44(63-45)39-27-38(28-40(29-39)59-16-3)43(56)30-50(32-54,33-61-64(10,11)48(4,5)6)34-62-65(12,13)49(7,8)9/h18,20-23,25-29,36,41-42,54H,14-17,19,24,30-35H2,1-13H3,(H,51,57)(H,52,58)/t41-,42-/m1/s1. The van der Waals surface area contributed by atoms with Crippen LogP contribution in [0.5, 0.6) is 5.75 Å². The number of rotatable bonds is 28. The van der Waals surface area contributed by atoms with Gasteiger partial charge in [-0.25, -0.2) is 5.06 Å². The monoisotopic (exact) mass is 938 g/mol. The fourth-order valence-corrected chi connectivity index (χ4v) is 8.91. The quantitative estimate of drug-likeness (QED) is 0.0159. The highest BCUT2D eigenvalue weighted by atomic mass is 28.4. The number of nitrogens with zero attached hydrogens (tertiary/aromatic N) is 1. The average Bonchev–Trinajstić information content (AvgIpc) is 3.76. The smallest absolute Gasteiger partial charge is 0.288 e. The molecule has 0 aliphatic carbocycles. The average molecular weight is 938 g/mol. The molecule has 3 N–H and O–H groups in total. The van der Waals surface area contributed by atoms with Gasteiger partial charge < -0.3 is 33.7 Å². The molecule has 65 heavy (non-hydrogen) atoms. The van der Waals surface area contributed by atoms with E-state index in [-0.39, 0.29) is 67.0 Å². The summed E-state index contributed by atoms with van der Waals surface area (Å²) >= 11 is 0. The van der Waals surface area contributed by atoms with Gasteiger partial charge in [-0.15, -0.1) is 0 Å². The number of carbonyl (C=O) groups excluding carboxylic acids is 4. The van der Waals surface area contributed by atoms with E-state index in [2.05, 4.69) is 85.3 Å². The Morgan fingerprint density at radius 2 is 1.48 bits per heavy atom. The predicted octanol–water partition coefficient (Wildman–Crippen LogP) is 10.3. The van der Waals surface area contributed by atoms with E-state index in [1.165, 1.54) is 11.1 Å². The second-order valence-corrected chi connectivity index (χ2v) is 29.8. The molecule has 0 aliphatic heterocycles. The fourth-order valence-electron chi connectivity index (χ4n) is 6.71. The number of ketones is 1. The van der Waals surface area contributed by atoms with Crippen molar-refractivity contribution in [3.8, 4) is 17.1 Å². The molecule has 0 radical (unpaired) electrons. The fraction of sp³-hybridized carbons (Fsp3) is 0.600. The molecule has 2 aromatic carbocycles. The van der Waals surface area contributed by atoms with Gasteiger partial charge in [-0.05, 0) is 91.9 Å². The predicted molar refractivity (Wildman–Crippen MR) is 261 cm³/mol. The minimum absolute atomic E-state index is 0.00108. The molecule has 1 aromatic heterocycles. The maximum Gasteiger partial charge on any atom is 0.288 e. The zero-order valence-corrected chi connectivity index (χ0v) is 43.6. The number of amides is 3. The van der Waals surface area contributed by atoms with E-state index in [0.29, 0.717) is 48.5 Å². The number of furan rings is 1. The zero-order chi connectivity index (χ0) is 48.6. The van der Waals surface area contributed by atoms with Gasteiger partial charge in [0.05, 0.1) is 31.8 Å². The molecule has 0 saturated heterocycles. The van der Waals surface area contributed by atoms with Crippen molar-refractivity contribution in [3.63, 3.8) is 0 Å². The van der Waals surface area contributed by atoms with Crippen molar-refractivity contribution in [2.24, 2.45) is 11.3 Å². The normalized spacial score (nSPS) is 13.5. The Morgan fingerprint density at radius 3 is 2.02 bits per heavy atom. The molecule has 3 amide bonds. The third-order valence-electron chi connectivity index (χ3n) is 13.1. The van der Waals surface area contributed by atoms with Crippen LogP contribution in [0.4, 0.5) is 0 Å². The summed E-state index contributed by atoms with van der Waals surface area (Å²) in [6, 6.07) is 17.3. The highest BCUT2D eigenvalue weighted by molar-refractivity contribution is 6.74. The lowest BCUT2D eigenvalue weighted by Gasteiger charge is -2.43. The highest BCUT2D eigenvalue weighted by Crippen LogP contribution is 2.41. The number of carbonyl (C=O) groups is 4. The highest BCUT2D eigenvalue weighted by Gasteiger charge is 2.44. The van der Waals surface area contributed by atoms with Gasteiger partial charge in [-0.3, -0.25) is 24.0 Å². The number of hydroxylamine groups is 2. The second kappa shape index (κ2) is 24.6. The largest absolute Gasteiger partial charge is 0.494 e. The van der Waals surface area contributed by atoms with Crippen LogP contribution in [0.25, 0.3) is 11.3 Å². The molecule has 15 heteroatoms. The molecule has 0 aliphatic rings. The Labute approximate surface area is 390 Å². The van der Waals surface area contributed by atoms with Crippen LogP contribution < -0.4 is 15.4 Å². The summed E-state index contributed by atoms with van der Waals surface area (Å²) in [4.78, 5) is 59.6. The number of aliphatic hydroxyl groups excluding tert-OH is 1. The van der Waals surface area contributed by atoms with Crippen LogP contribution in [-0.2, 0) is 29.9 Å². The molecule has 13 nitrogen and oxygen atoms in total. The molecule has 0 unspecified atom stereocenters. The summed E-state index contributed by atoms with van der Waals surface area (Å²) in [6.45, 7) is 27.7. The summed E-state index contributed by atoms with van der Waals surface area (Å²) in [6.07, 6.45) is 4.28. The Hall–Kier alpha value is -4.13. The van der Waals surface area contributed by atoms with Crippen molar-refractivity contribution in [1.29, 1.82) is 0 Å². The van der Waals surface area contributed by atoms with Gasteiger partial charge in [0.1, 0.15) is 18.1 Å². The summed E-state index contributed by atoms with van der Waals surface area (Å²) in [5, 5.41) is 17.7. The summed E-state index contributed by atoms with van der Waals surface area (Å²) < 4.78 is 25.3. The lowest BCUT2D eigenvalue weighted by molar-refractivity contribution is -0.200. The van der Waals surface area contributed by atoms with E-state index >= 15 is 0 Å². The van der Waals surface area contributed by atoms with Crippen LogP contribution in [0.1, 0.15) is 127 Å². The summed E-state index contributed by atoms with van der Waals surface area (Å²) in [7, 11) is -4.55. The maximum atomic E-state index is 14.4. The minimum atomic E-state index is -2.27. The lowest BCUT2D eigenvalue weighted by atomic mass is 9.83. The summed E-state index contributed by atoms with van der Waals surface area (Å²) in [5.74, 6) is -0.890. The first-order valence-electron chi connectivity index (χ1n) is 23.2. The first-order valence-corrected chi connectivity index (χ1v) is 29.0. The van der Waals surface area contributed by atoms with E-state index in [9.17, 15) is 24.3 Å². The molecule has 0 bridgehead atoms. The third-order valence-corrected chi connectivity index (χ3v) is 22.1. The van der Waals surface area contributed by atoms with Gasteiger partial charge in [0, 0.05) is 36.2 Å². The van der Waals surface area contributed by atoms with Crippen molar-refractivity contribution in [2.45, 2.75) is 150 Å². The number of nitrogens with one attached hydrogen (secondary N) is 2. The molecule has 3 aromatic rings. The Kier molecular flexibility index (Phi) is 20.9.